The molecular formula is C22H24N2O2S. The van der Waals surface area contributed by atoms with Crippen LogP contribution < -0.4 is 9.80 Å². The summed E-state index contributed by atoms with van der Waals surface area (Å²) in [7, 11) is 3.91. The zero-order valence-electron chi connectivity index (χ0n) is 16.4. The highest BCUT2D eigenvalue weighted by molar-refractivity contribution is 8.04. The van der Waals surface area contributed by atoms with E-state index >= 15 is 0 Å². The van der Waals surface area contributed by atoms with Crippen LogP contribution in [0.5, 0.6) is 0 Å². The van der Waals surface area contributed by atoms with Gasteiger partial charge in [0, 0.05) is 19.8 Å². The molecule has 2 aromatic rings. The predicted molar refractivity (Wildman–Crippen MR) is 114 cm³/mol. The van der Waals surface area contributed by atoms with Gasteiger partial charge in [0.05, 0.1) is 16.2 Å². The maximum atomic E-state index is 13.3. The summed E-state index contributed by atoms with van der Waals surface area (Å²) < 4.78 is 0. The van der Waals surface area contributed by atoms with Gasteiger partial charge in [-0.25, -0.2) is 4.90 Å². The van der Waals surface area contributed by atoms with Crippen molar-refractivity contribution in [3.8, 4) is 0 Å². The minimum absolute atomic E-state index is 0.237. The molecule has 0 radical (unpaired) electrons. The molecule has 2 aromatic carbocycles. The Morgan fingerprint density at radius 3 is 2.19 bits per heavy atom. The minimum atomic E-state index is -0.250. The van der Waals surface area contributed by atoms with Crippen molar-refractivity contribution in [1.29, 1.82) is 0 Å². The largest absolute Gasteiger partial charge is 0.378 e. The molecule has 0 saturated carbocycles. The summed E-state index contributed by atoms with van der Waals surface area (Å²) >= 11 is 1.43. The van der Waals surface area contributed by atoms with Crippen molar-refractivity contribution in [1.82, 2.24) is 0 Å². The third-order valence-electron chi connectivity index (χ3n) is 4.61. The van der Waals surface area contributed by atoms with Crippen LogP contribution in [0.4, 0.5) is 11.4 Å². The van der Waals surface area contributed by atoms with Crippen molar-refractivity contribution in [3.05, 3.63) is 64.1 Å². The molecule has 2 amide bonds. The lowest BCUT2D eigenvalue weighted by molar-refractivity contribution is -0.119. The lowest BCUT2D eigenvalue weighted by Crippen LogP contribution is -2.31. The summed E-state index contributed by atoms with van der Waals surface area (Å²) in [5, 5.41) is 0. The van der Waals surface area contributed by atoms with Crippen LogP contribution >= 0.6 is 11.8 Å². The lowest BCUT2D eigenvalue weighted by Gasteiger charge is -2.18. The lowest BCUT2D eigenvalue weighted by atomic mass is 9.99. The molecule has 0 aliphatic carbocycles. The average Bonchev–Trinajstić information content (AvgIpc) is 2.86. The van der Waals surface area contributed by atoms with Crippen LogP contribution in [-0.2, 0) is 9.59 Å². The number of carbonyl (C=O) groups excluding carboxylic acids is 2. The number of thioether (sulfide) groups is 1. The van der Waals surface area contributed by atoms with Crippen LogP contribution in [0, 0.1) is 13.8 Å². The molecule has 0 atom stereocenters. The second kappa shape index (κ2) is 7.61. The van der Waals surface area contributed by atoms with Gasteiger partial charge in [-0.1, -0.05) is 30.7 Å². The molecule has 1 heterocycles. The number of aryl methyl sites for hydroxylation is 2. The van der Waals surface area contributed by atoms with Crippen molar-refractivity contribution in [2.45, 2.75) is 20.8 Å². The normalized spacial score (nSPS) is 14.3. The fraction of sp³-hybridized carbons (Fsp3) is 0.273. The summed E-state index contributed by atoms with van der Waals surface area (Å²) in [5.41, 5.74) is 5.11. The highest BCUT2D eigenvalue weighted by Gasteiger charge is 2.40. The van der Waals surface area contributed by atoms with E-state index in [4.69, 9.17) is 0 Å². The Hall–Kier alpha value is -2.53. The van der Waals surface area contributed by atoms with Gasteiger partial charge in [0.15, 0.2) is 0 Å². The van der Waals surface area contributed by atoms with Crippen LogP contribution in [0.15, 0.2) is 47.4 Å². The van der Waals surface area contributed by atoms with E-state index in [2.05, 4.69) is 0 Å². The zero-order valence-corrected chi connectivity index (χ0v) is 17.2. The Bertz CT molecular complexity index is 930. The van der Waals surface area contributed by atoms with Gasteiger partial charge in [0.1, 0.15) is 0 Å². The third-order valence-corrected chi connectivity index (χ3v) is 5.56. The maximum absolute atomic E-state index is 13.3. The molecule has 27 heavy (non-hydrogen) atoms. The van der Waals surface area contributed by atoms with E-state index in [-0.39, 0.29) is 11.8 Å². The van der Waals surface area contributed by atoms with E-state index in [1.54, 1.807) is 0 Å². The number of anilines is 2. The molecule has 0 saturated heterocycles. The first-order chi connectivity index (χ1) is 12.8. The SMILES string of the molecule is CCSC1=C(c2ccc(C)cc2C)C(=O)N(c2ccc(N(C)C)cc2)C1=O. The Morgan fingerprint density at radius 2 is 1.63 bits per heavy atom. The zero-order chi connectivity index (χ0) is 19.7. The Morgan fingerprint density at radius 1 is 0.963 bits per heavy atom. The molecule has 3 rings (SSSR count). The molecular weight excluding hydrogens is 356 g/mol. The van der Waals surface area contributed by atoms with E-state index in [0.717, 1.165) is 28.1 Å². The van der Waals surface area contributed by atoms with Crippen molar-refractivity contribution < 1.29 is 9.59 Å². The van der Waals surface area contributed by atoms with E-state index < -0.39 is 0 Å². The summed E-state index contributed by atoms with van der Waals surface area (Å²) in [6.45, 7) is 5.99. The first-order valence-electron chi connectivity index (χ1n) is 8.96. The topological polar surface area (TPSA) is 40.6 Å². The molecule has 0 aromatic heterocycles. The number of nitrogens with zero attached hydrogens (tertiary/aromatic N) is 2. The second-order valence-corrected chi connectivity index (χ2v) is 8.09. The highest BCUT2D eigenvalue weighted by atomic mass is 32.2. The van der Waals surface area contributed by atoms with Gasteiger partial charge >= 0.3 is 0 Å². The molecule has 1 aliphatic rings. The molecule has 0 N–H and O–H groups in total. The molecule has 0 bridgehead atoms. The fourth-order valence-electron chi connectivity index (χ4n) is 3.25. The molecule has 5 heteroatoms. The van der Waals surface area contributed by atoms with Gasteiger partial charge in [-0.15, -0.1) is 11.8 Å². The second-order valence-electron chi connectivity index (χ2n) is 6.81. The quantitative estimate of drug-likeness (QED) is 0.721. The fourth-order valence-corrected chi connectivity index (χ4v) is 4.10. The van der Waals surface area contributed by atoms with E-state index in [1.807, 2.05) is 82.2 Å². The van der Waals surface area contributed by atoms with Crippen molar-refractivity contribution in [2.75, 3.05) is 29.6 Å². The Balaban J connectivity index is 2.07. The average molecular weight is 381 g/mol. The van der Waals surface area contributed by atoms with E-state index in [1.165, 1.54) is 16.7 Å². The predicted octanol–water partition coefficient (Wildman–Crippen LogP) is 4.41. The monoisotopic (exact) mass is 380 g/mol. The summed E-state index contributed by atoms with van der Waals surface area (Å²) in [6, 6.07) is 13.4. The number of hydrogen-bond donors (Lipinski definition) is 0. The molecule has 140 valence electrons. The van der Waals surface area contributed by atoms with E-state index in [9.17, 15) is 9.59 Å². The summed E-state index contributed by atoms with van der Waals surface area (Å²) in [5.74, 6) is 0.246. The number of amides is 2. The van der Waals surface area contributed by atoms with Gasteiger partial charge in [0.2, 0.25) is 0 Å². The van der Waals surface area contributed by atoms with Crippen LogP contribution in [0.1, 0.15) is 23.6 Å². The van der Waals surface area contributed by atoms with E-state index in [0.29, 0.717) is 16.2 Å². The van der Waals surface area contributed by atoms with Crippen LogP contribution in [0.25, 0.3) is 5.57 Å². The Kier molecular flexibility index (Phi) is 5.42. The molecule has 0 unspecified atom stereocenters. The van der Waals surface area contributed by atoms with Crippen LogP contribution in [-0.4, -0.2) is 31.7 Å². The van der Waals surface area contributed by atoms with Gasteiger partial charge in [-0.3, -0.25) is 9.59 Å². The number of hydrogen-bond acceptors (Lipinski definition) is 4. The standard InChI is InChI=1S/C22H24N2O2S/c1-6-27-20-19(18-12-7-14(2)13-15(18)3)21(25)24(22(20)26)17-10-8-16(9-11-17)23(4)5/h7-13H,6H2,1-5H3. The number of benzene rings is 2. The molecule has 1 aliphatic heterocycles. The molecule has 0 spiro atoms. The van der Waals surface area contributed by atoms with Crippen molar-refractivity contribution in [3.63, 3.8) is 0 Å². The van der Waals surface area contributed by atoms with Crippen molar-refractivity contribution in [2.24, 2.45) is 0 Å². The van der Waals surface area contributed by atoms with Gasteiger partial charge in [0.25, 0.3) is 11.8 Å². The Labute approximate surface area is 164 Å². The van der Waals surface area contributed by atoms with Crippen LogP contribution in [0.2, 0.25) is 0 Å². The minimum Gasteiger partial charge on any atom is -0.378 e. The molecule has 0 fully saturated rings. The highest BCUT2D eigenvalue weighted by Crippen LogP contribution is 2.39. The van der Waals surface area contributed by atoms with Gasteiger partial charge in [-0.2, -0.15) is 0 Å². The molecule has 4 nitrogen and oxygen atoms in total. The summed E-state index contributed by atoms with van der Waals surface area (Å²) in [4.78, 5) is 30.2. The summed E-state index contributed by atoms with van der Waals surface area (Å²) in [6.07, 6.45) is 0. The third kappa shape index (κ3) is 3.52. The van der Waals surface area contributed by atoms with Gasteiger partial charge in [-0.05, 0) is 55.0 Å². The number of rotatable bonds is 5. The van der Waals surface area contributed by atoms with Gasteiger partial charge < -0.3 is 4.90 Å². The smallest absolute Gasteiger partial charge is 0.272 e. The van der Waals surface area contributed by atoms with Crippen LogP contribution in [0.3, 0.4) is 0 Å². The maximum Gasteiger partial charge on any atom is 0.272 e. The number of carbonyl (C=O) groups is 2. The first kappa shape index (κ1) is 19.2. The number of imide groups is 1. The first-order valence-corrected chi connectivity index (χ1v) is 9.94. The van der Waals surface area contributed by atoms with Crippen molar-refractivity contribution >= 4 is 40.5 Å².